The van der Waals surface area contributed by atoms with Crippen molar-refractivity contribution in [1.29, 1.82) is 0 Å². The normalized spacial score (nSPS) is 10.5. The van der Waals surface area contributed by atoms with Crippen LogP contribution in [0.5, 0.6) is 0 Å². The Morgan fingerprint density at radius 2 is 2.29 bits per heavy atom. The Morgan fingerprint density at radius 3 is 2.93 bits per heavy atom. The van der Waals surface area contributed by atoms with Gasteiger partial charge in [0.05, 0.1) is 6.20 Å². The van der Waals surface area contributed by atoms with Gasteiger partial charge in [-0.1, -0.05) is 0 Å². The quantitative estimate of drug-likeness (QED) is 0.521. The standard InChI is InChI=1S/C8H12N6/c1-13(2)8-7-10-3-4-14(7)5-6(11-8)12-9/h3-5,12H,9H2,1-2H3. The van der Waals surface area contributed by atoms with E-state index in [2.05, 4.69) is 15.4 Å². The molecule has 0 amide bonds. The Morgan fingerprint density at radius 1 is 1.50 bits per heavy atom. The average Bonchev–Trinajstić information content (AvgIpc) is 2.63. The van der Waals surface area contributed by atoms with E-state index in [0.29, 0.717) is 5.82 Å². The molecule has 0 aliphatic heterocycles. The van der Waals surface area contributed by atoms with Crippen molar-refractivity contribution in [3.8, 4) is 0 Å². The highest BCUT2D eigenvalue weighted by molar-refractivity contribution is 5.65. The number of anilines is 2. The summed E-state index contributed by atoms with van der Waals surface area (Å²) in [5.41, 5.74) is 3.33. The minimum Gasteiger partial charge on any atom is -0.360 e. The van der Waals surface area contributed by atoms with Gasteiger partial charge in [0, 0.05) is 26.5 Å². The number of rotatable bonds is 2. The van der Waals surface area contributed by atoms with Gasteiger partial charge in [0.2, 0.25) is 0 Å². The molecule has 0 atom stereocenters. The van der Waals surface area contributed by atoms with Crippen molar-refractivity contribution in [2.75, 3.05) is 24.4 Å². The molecule has 0 saturated carbocycles. The Balaban J connectivity index is 2.70. The third-order valence-electron chi connectivity index (χ3n) is 1.93. The van der Waals surface area contributed by atoms with Crippen LogP contribution in [0.4, 0.5) is 11.6 Å². The number of nitrogens with zero attached hydrogens (tertiary/aromatic N) is 4. The van der Waals surface area contributed by atoms with Gasteiger partial charge >= 0.3 is 0 Å². The fraction of sp³-hybridized carbons (Fsp3) is 0.250. The van der Waals surface area contributed by atoms with Crippen molar-refractivity contribution in [3.05, 3.63) is 18.6 Å². The lowest BCUT2D eigenvalue weighted by Crippen LogP contribution is -2.16. The van der Waals surface area contributed by atoms with Crippen LogP contribution in [0.3, 0.4) is 0 Å². The van der Waals surface area contributed by atoms with Gasteiger partial charge in [-0.2, -0.15) is 0 Å². The zero-order chi connectivity index (χ0) is 10.1. The van der Waals surface area contributed by atoms with Crippen molar-refractivity contribution in [1.82, 2.24) is 14.4 Å². The largest absolute Gasteiger partial charge is 0.360 e. The number of hydrazine groups is 1. The molecule has 0 aromatic carbocycles. The van der Waals surface area contributed by atoms with E-state index in [-0.39, 0.29) is 0 Å². The van der Waals surface area contributed by atoms with Gasteiger partial charge in [0.25, 0.3) is 0 Å². The molecule has 0 saturated heterocycles. The fourth-order valence-electron chi connectivity index (χ4n) is 1.28. The molecule has 2 rings (SSSR count). The summed E-state index contributed by atoms with van der Waals surface area (Å²) in [5, 5.41) is 0. The van der Waals surface area contributed by atoms with Crippen molar-refractivity contribution >= 4 is 17.3 Å². The van der Waals surface area contributed by atoms with E-state index in [9.17, 15) is 0 Å². The van der Waals surface area contributed by atoms with E-state index in [1.165, 1.54) is 0 Å². The first kappa shape index (κ1) is 8.76. The minimum atomic E-state index is 0.610. The molecule has 0 spiro atoms. The van der Waals surface area contributed by atoms with Crippen LogP contribution < -0.4 is 16.2 Å². The number of hydrogen-bond donors (Lipinski definition) is 2. The second kappa shape index (κ2) is 3.15. The molecule has 0 unspecified atom stereocenters. The van der Waals surface area contributed by atoms with Crippen LogP contribution in [0.2, 0.25) is 0 Å². The van der Waals surface area contributed by atoms with Crippen molar-refractivity contribution < 1.29 is 0 Å². The second-order valence-electron chi connectivity index (χ2n) is 3.15. The molecule has 0 radical (unpaired) electrons. The maximum Gasteiger partial charge on any atom is 0.180 e. The second-order valence-corrected chi connectivity index (χ2v) is 3.15. The van der Waals surface area contributed by atoms with Crippen molar-refractivity contribution in [2.45, 2.75) is 0 Å². The highest BCUT2D eigenvalue weighted by Gasteiger charge is 2.07. The van der Waals surface area contributed by atoms with Gasteiger partial charge in [-0.05, 0) is 0 Å². The molecule has 0 aliphatic carbocycles. The summed E-state index contributed by atoms with van der Waals surface area (Å²) in [6, 6.07) is 0. The zero-order valence-corrected chi connectivity index (χ0v) is 8.10. The number of hydrogen-bond acceptors (Lipinski definition) is 5. The number of nitrogens with two attached hydrogens (primary N) is 1. The summed E-state index contributed by atoms with van der Waals surface area (Å²) in [4.78, 5) is 10.4. The van der Waals surface area contributed by atoms with E-state index < -0.39 is 0 Å². The van der Waals surface area contributed by atoms with E-state index >= 15 is 0 Å². The lowest BCUT2D eigenvalue weighted by molar-refractivity contribution is 1.02. The first-order valence-corrected chi connectivity index (χ1v) is 4.20. The SMILES string of the molecule is CN(C)c1nc(NN)cn2ccnc12. The molecule has 0 fully saturated rings. The predicted octanol–water partition coefficient (Wildman–Crippen LogP) is 0.0809. The summed E-state index contributed by atoms with van der Waals surface area (Å²) in [6.07, 6.45) is 5.37. The lowest BCUT2D eigenvalue weighted by Gasteiger charge is -2.13. The number of fused-ring (bicyclic) bond motifs is 1. The Bertz CT molecular complexity index is 446. The average molecular weight is 192 g/mol. The van der Waals surface area contributed by atoms with Crippen LogP contribution in [0.1, 0.15) is 0 Å². The van der Waals surface area contributed by atoms with Gasteiger partial charge in [-0.3, -0.25) is 0 Å². The van der Waals surface area contributed by atoms with Gasteiger partial charge in [-0.25, -0.2) is 15.8 Å². The number of nitrogens with one attached hydrogen (secondary N) is 1. The number of nitrogen functional groups attached to an aromatic ring is 1. The van der Waals surface area contributed by atoms with Gasteiger partial charge in [-0.15, -0.1) is 0 Å². The van der Waals surface area contributed by atoms with Crippen LogP contribution in [-0.4, -0.2) is 28.5 Å². The van der Waals surface area contributed by atoms with Crippen LogP contribution >= 0.6 is 0 Å². The minimum absolute atomic E-state index is 0.610. The van der Waals surface area contributed by atoms with E-state index in [1.54, 1.807) is 12.4 Å². The van der Waals surface area contributed by atoms with Crippen LogP contribution in [0.15, 0.2) is 18.6 Å². The Labute approximate surface area is 81.3 Å². The maximum atomic E-state index is 5.31. The predicted molar refractivity (Wildman–Crippen MR) is 55.1 cm³/mol. The van der Waals surface area contributed by atoms with E-state index in [1.807, 2.05) is 29.6 Å². The molecular formula is C8H12N6. The zero-order valence-electron chi connectivity index (χ0n) is 8.10. The number of aromatic nitrogens is 3. The summed E-state index contributed by atoms with van der Waals surface area (Å²) in [7, 11) is 3.83. The van der Waals surface area contributed by atoms with Crippen molar-refractivity contribution in [2.24, 2.45) is 5.84 Å². The topological polar surface area (TPSA) is 71.5 Å². The van der Waals surface area contributed by atoms with Gasteiger partial charge in [0.1, 0.15) is 0 Å². The summed E-state index contributed by atoms with van der Waals surface area (Å²) >= 11 is 0. The highest BCUT2D eigenvalue weighted by Crippen LogP contribution is 2.17. The molecule has 2 aromatic heterocycles. The molecular weight excluding hydrogens is 180 g/mol. The van der Waals surface area contributed by atoms with Crippen LogP contribution in [0, 0.1) is 0 Å². The fourth-order valence-corrected chi connectivity index (χ4v) is 1.28. The first-order chi connectivity index (χ1) is 6.72. The Kier molecular flexibility index (Phi) is 1.97. The van der Waals surface area contributed by atoms with Crippen LogP contribution in [-0.2, 0) is 0 Å². The molecule has 0 aliphatic rings. The molecule has 6 heteroatoms. The first-order valence-electron chi connectivity index (χ1n) is 4.20. The summed E-state index contributed by atoms with van der Waals surface area (Å²) in [5.74, 6) is 6.71. The Hall–Kier alpha value is -1.82. The van der Waals surface area contributed by atoms with E-state index in [0.717, 1.165) is 11.5 Å². The monoisotopic (exact) mass is 192 g/mol. The maximum absolute atomic E-state index is 5.31. The molecule has 74 valence electrons. The smallest absolute Gasteiger partial charge is 0.180 e. The third-order valence-corrected chi connectivity index (χ3v) is 1.93. The number of imidazole rings is 1. The molecule has 3 N–H and O–H groups in total. The van der Waals surface area contributed by atoms with Crippen molar-refractivity contribution in [3.63, 3.8) is 0 Å². The third kappa shape index (κ3) is 1.25. The van der Waals surface area contributed by atoms with Gasteiger partial charge < -0.3 is 14.7 Å². The lowest BCUT2D eigenvalue weighted by atomic mass is 10.5. The molecule has 2 aromatic rings. The molecule has 14 heavy (non-hydrogen) atoms. The summed E-state index contributed by atoms with van der Waals surface area (Å²) < 4.78 is 1.87. The van der Waals surface area contributed by atoms with Crippen LogP contribution in [0.25, 0.3) is 5.65 Å². The molecule has 6 nitrogen and oxygen atoms in total. The molecule has 0 bridgehead atoms. The van der Waals surface area contributed by atoms with E-state index in [4.69, 9.17) is 5.84 Å². The van der Waals surface area contributed by atoms with Gasteiger partial charge in [0.15, 0.2) is 17.3 Å². The summed E-state index contributed by atoms with van der Waals surface area (Å²) in [6.45, 7) is 0. The highest BCUT2D eigenvalue weighted by atomic mass is 15.3. The molecule has 2 heterocycles.